The molecule has 1 N–H and O–H groups in total. The number of alkyl halides is 2. The van der Waals surface area contributed by atoms with Crippen LogP contribution in [0.15, 0.2) is 11.0 Å². The van der Waals surface area contributed by atoms with Crippen LogP contribution in [0, 0.1) is 6.92 Å². The molecule has 0 unspecified atom stereocenters. The molecule has 0 atom stereocenters. The summed E-state index contributed by atoms with van der Waals surface area (Å²) in [5.74, 6) is 0. The van der Waals surface area contributed by atoms with Crippen LogP contribution in [-0.4, -0.2) is 37.8 Å². The molecule has 0 saturated carbocycles. The summed E-state index contributed by atoms with van der Waals surface area (Å²) in [4.78, 5) is 0.955. The molecule has 17 heavy (non-hydrogen) atoms. The number of sulfonamides is 1. The SMILES string of the molecule is Cc1sc(CO)cc1S(=O)(=O)N(C)CC(F)F. The van der Waals surface area contributed by atoms with Crippen LogP contribution in [0.25, 0.3) is 0 Å². The molecule has 0 bridgehead atoms. The van der Waals surface area contributed by atoms with E-state index in [-0.39, 0.29) is 11.5 Å². The zero-order valence-electron chi connectivity index (χ0n) is 9.35. The standard InChI is InChI=1S/C9H13F2NO3S2/c1-6-8(3-7(5-13)16-6)17(14,15)12(2)4-9(10)11/h3,9,13H,4-5H2,1-2H3. The molecule has 0 spiro atoms. The van der Waals surface area contributed by atoms with E-state index in [1.54, 1.807) is 6.92 Å². The number of aryl methyl sites for hydroxylation is 1. The Morgan fingerprint density at radius 3 is 2.53 bits per heavy atom. The van der Waals surface area contributed by atoms with Gasteiger partial charge in [-0.15, -0.1) is 11.3 Å². The third-order valence-corrected chi connectivity index (χ3v) is 5.28. The first-order valence-electron chi connectivity index (χ1n) is 4.73. The lowest BCUT2D eigenvalue weighted by molar-refractivity contribution is 0.126. The van der Waals surface area contributed by atoms with Crippen molar-refractivity contribution in [3.8, 4) is 0 Å². The number of thiophene rings is 1. The molecular weight excluding hydrogens is 272 g/mol. The lowest BCUT2D eigenvalue weighted by Gasteiger charge is -2.16. The fourth-order valence-electron chi connectivity index (χ4n) is 1.32. The topological polar surface area (TPSA) is 57.6 Å². The Kier molecular flexibility index (Phi) is 4.59. The van der Waals surface area contributed by atoms with E-state index in [0.29, 0.717) is 14.1 Å². The second kappa shape index (κ2) is 5.38. The van der Waals surface area contributed by atoms with Crippen molar-refractivity contribution >= 4 is 21.4 Å². The van der Waals surface area contributed by atoms with E-state index >= 15 is 0 Å². The number of hydrogen-bond acceptors (Lipinski definition) is 4. The highest BCUT2D eigenvalue weighted by Gasteiger charge is 2.26. The van der Waals surface area contributed by atoms with Crippen molar-refractivity contribution < 1.29 is 22.3 Å². The van der Waals surface area contributed by atoms with Crippen molar-refractivity contribution in [2.75, 3.05) is 13.6 Å². The molecular formula is C9H13F2NO3S2. The quantitative estimate of drug-likeness (QED) is 0.890. The normalized spacial score (nSPS) is 12.6. The van der Waals surface area contributed by atoms with E-state index in [4.69, 9.17) is 5.11 Å². The molecule has 0 aromatic carbocycles. The maximum Gasteiger partial charge on any atom is 0.252 e. The summed E-state index contributed by atoms with van der Waals surface area (Å²) in [6, 6.07) is 1.32. The number of nitrogens with zero attached hydrogens (tertiary/aromatic N) is 1. The predicted octanol–water partition coefficient (Wildman–Crippen LogP) is 1.43. The van der Waals surface area contributed by atoms with Crippen molar-refractivity contribution in [3.05, 3.63) is 15.8 Å². The van der Waals surface area contributed by atoms with E-state index in [1.807, 2.05) is 0 Å². The van der Waals surface area contributed by atoms with Gasteiger partial charge in [-0.3, -0.25) is 0 Å². The molecule has 0 saturated heterocycles. The average Bonchev–Trinajstić information content (AvgIpc) is 2.59. The minimum Gasteiger partial charge on any atom is -0.391 e. The Bertz CT molecular complexity index is 484. The fraction of sp³-hybridized carbons (Fsp3) is 0.556. The Hall–Kier alpha value is -0.570. The zero-order chi connectivity index (χ0) is 13.2. The molecule has 0 aliphatic rings. The predicted molar refractivity (Wildman–Crippen MR) is 60.8 cm³/mol. The van der Waals surface area contributed by atoms with E-state index < -0.39 is 23.0 Å². The van der Waals surface area contributed by atoms with Gasteiger partial charge in [-0.2, -0.15) is 4.31 Å². The third kappa shape index (κ3) is 3.21. The van der Waals surface area contributed by atoms with Gasteiger partial charge in [0.05, 0.1) is 18.0 Å². The van der Waals surface area contributed by atoms with Crippen LogP contribution in [0.3, 0.4) is 0 Å². The van der Waals surface area contributed by atoms with Gasteiger partial charge in [-0.05, 0) is 13.0 Å². The van der Waals surface area contributed by atoms with Crippen molar-refractivity contribution in [1.82, 2.24) is 4.31 Å². The molecule has 0 fully saturated rings. The smallest absolute Gasteiger partial charge is 0.252 e. The Balaban J connectivity index is 3.08. The van der Waals surface area contributed by atoms with Crippen LogP contribution in [0.2, 0.25) is 0 Å². The monoisotopic (exact) mass is 285 g/mol. The molecule has 4 nitrogen and oxygen atoms in total. The zero-order valence-corrected chi connectivity index (χ0v) is 11.0. The van der Waals surface area contributed by atoms with Crippen LogP contribution in [0.5, 0.6) is 0 Å². The maximum atomic E-state index is 12.2. The summed E-state index contributed by atoms with van der Waals surface area (Å²) < 4.78 is 48.8. The van der Waals surface area contributed by atoms with Gasteiger partial charge in [0.25, 0.3) is 6.43 Å². The third-order valence-electron chi connectivity index (χ3n) is 2.16. The van der Waals surface area contributed by atoms with Crippen LogP contribution >= 0.6 is 11.3 Å². The lowest BCUT2D eigenvalue weighted by atomic mass is 10.4. The minimum absolute atomic E-state index is 0.0188. The van der Waals surface area contributed by atoms with Crippen molar-refractivity contribution in [3.63, 3.8) is 0 Å². The van der Waals surface area contributed by atoms with E-state index in [1.165, 1.54) is 6.07 Å². The molecule has 0 aliphatic carbocycles. The summed E-state index contributed by atoms with van der Waals surface area (Å²) >= 11 is 1.13. The van der Waals surface area contributed by atoms with Crippen LogP contribution in [-0.2, 0) is 16.6 Å². The van der Waals surface area contributed by atoms with E-state index in [0.717, 1.165) is 18.4 Å². The number of aliphatic hydroxyl groups excluding tert-OH is 1. The largest absolute Gasteiger partial charge is 0.391 e. The molecule has 0 aliphatic heterocycles. The molecule has 1 aromatic rings. The number of aliphatic hydroxyl groups is 1. The summed E-state index contributed by atoms with van der Waals surface area (Å²) in [6.45, 7) is 0.471. The summed E-state index contributed by atoms with van der Waals surface area (Å²) in [5, 5.41) is 8.91. The Morgan fingerprint density at radius 1 is 1.53 bits per heavy atom. The van der Waals surface area contributed by atoms with Gasteiger partial charge in [0.15, 0.2) is 0 Å². The van der Waals surface area contributed by atoms with Gasteiger partial charge in [0.1, 0.15) is 0 Å². The van der Waals surface area contributed by atoms with Gasteiger partial charge >= 0.3 is 0 Å². The van der Waals surface area contributed by atoms with E-state index in [2.05, 4.69) is 0 Å². The number of hydrogen-bond donors (Lipinski definition) is 1. The maximum absolute atomic E-state index is 12.2. The highest BCUT2D eigenvalue weighted by molar-refractivity contribution is 7.89. The van der Waals surface area contributed by atoms with E-state index in [9.17, 15) is 17.2 Å². The summed E-state index contributed by atoms with van der Waals surface area (Å²) in [6.07, 6.45) is -2.72. The molecule has 1 heterocycles. The van der Waals surface area contributed by atoms with Crippen LogP contribution in [0.4, 0.5) is 8.78 Å². The second-order valence-corrected chi connectivity index (χ2v) is 6.82. The van der Waals surface area contributed by atoms with Gasteiger partial charge < -0.3 is 5.11 Å². The van der Waals surface area contributed by atoms with Gasteiger partial charge in [0.2, 0.25) is 10.0 Å². The second-order valence-electron chi connectivity index (χ2n) is 3.47. The summed E-state index contributed by atoms with van der Waals surface area (Å²) in [5.41, 5.74) is 0. The highest BCUT2D eigenvalue weighted by atomic mass is 32.2. The first-order chi connectivity index (χ1) is 7.78. The Labute approximate surface area is 103 Å². The molecule has 1 aromatic heterocycles. The average molecular weight is 285 g/mol. The van der Waals surface area contributed by atoms with Crippen molar-refractivity contribution in [2.24, 2.45) is 0 Å². The molecule has 0 amide bonds. The van der Waals surface area contributed by atoms with Gasteiger partial charge in [-0.25, -0.2) is 17.2 Å². The van der Waals surface area contributed by atoms with Gasteiger partial charge in [-0.1, -0.05) is 0 Å². The Morgan fingerprint density at radius 2 is 2.12 bits per heavy atom. The first-order valence-corrected chi connectivity index (χ1v) is 6.99. The molecule has 0 radical (unpaired) electrons. The molecule has 8 heteroatoms. The number of halogens is 2. The van der Waals surface area contributed by atoms with Crippen molar-refractivity contribution in [2.45, 2.75) is 24.9 Å². The highest BCUT2D eigenvalue weighted by Crippen LogP contribution is 2.27. The van der Waals surface area contributed by atoms with Gasteiger partial charge in [0, 0.05) is 16.8 Å². The number of rotatable bonds is 5. The van der Waals surface area contributed by atoms with Crippen LogP contribution < -0.4 is 0 Å². The fourth-order valence-corrected chi connectivity index (χ4v) is 3.93. The first kappa shape index (κ1) is 14.5. The lowest BCUT2D eigenvalue weighted by Crippen LogP contribution is -2.31. The molecule has 98 valence electrons. The van der Waals surface area contributed by atoms with Crippen molar-refractivity contribution in [1.29, 1.82) is 0 Å². The van der Waals surface area contributed by atoms with Crippen LogP contribution in [0.1, 0.15) is 9.75 Å². The minimum atomic E-state index is -3.90. The molecule has 1 rings (SSSR count). The summed E-state index contributed by atoms with van der Waals surface area (Å²) in [7, 11) is -2.79.